The molecule has 0 fully saturated rings. The van der Waals surface area contributed by atoms with Crippen molar-refractivity contribution in [1.29, 1.82) is 0 Å². The second-order valence-electron chi connectivity index (χ2n) is 5.41. The van der Waals surface area contributed by atoms with E-state index < -0.39 is 0 Å². The Morgan fingerprint density at radius 2 is 1.92 bits per heavy atom. The molecule has 0 atom stereocenters. The summed E-state index contributed by atoms with van der Waals surface area (Å²) in [5.74, 6) is -0.384. The Labute approximate surface area is 148 Å². The summed E-state index contributed by atoms with van der Waals surface area (Å²) in [4.78, 5) is 27.4. The van der Waals surface area contributed by atoms with Crippen molar-refractivity contribution < 1.29 is 14.3 Å². The monoisotopic (exact) mass is 355 g/mol. The highest BCUT2D eigenvalue weighted by atomic mass is 32.1. The Hall–Kier alpha value is -2.77. The zero-order valence-electron chi connectivity index (χ0n) is 13.6. The number of aromatic nitrogens is 1. The van der Waals surface area contributed by atoms with E-state index in [1.54, 1.807) is 12.1 Å². The minimum Gasteiger partial charge on any atom is -0.367 e. The number of anilines is 2. The molecule has 3 aromatic rings. The number of thiazole rings is 1. The van der Waals surface area contributed by atoms with Gasteiger partial charge in [0.1, 0.15) is 6.61 Å². The third kappa shape index (κ3) is 4.85. The van der Waals surface area contributed by atoms with E-state index in [0.717, 1.165) is 15.8 Å². The van der Waals surface area contributed by atoms with Crippen molar-refractivity contribution in [3.05, 3.63) is 54.1 Å². The van der Waals surface area contributed by atoms with Crippen LogP contribution in [0.1, 0.15) is 12.5 Å². The molecule has 128 valence electrons. The summed E-state index contributed by atoms with van der Waals surface area (Å²) in [5, 5.41) is 5.96. The molecule has 2 aromatic carbocycles. The number of hydrogen-bond acceptors (Lipinski definition) is 5. The zero-order valence-corrected chi connectivity index (χ0v) is 14.4. The summed E-state index contributed by atoms with van der Waals surface area (Å²) in [5.41, 5.74) is 2.48. The van der Waals surface area contributed by atoms with Crippen LogP contribution in [0.2, 0.25) is 0 Å². The van der Waals surface area contributed by atoms with Gasteiger partial charge in [0.15, 0.2) is 5.13 Å². The summed E-state index contributed by atoms with van der Waals surface area (Å²) in [6.07, 6.45) is 0. The van der Waals surface area contributed by atoms with Gasteiger partial charge >= 0.3 is 0 Å². The van der Waals surface area contributed by atoms with Crippen LogP contribution in [0.3, 0.4) is 0 Å². The smallest absolute Gasteiger partial charge is 0.252 e. The largest absolute Gasteiger partial charge is 0.367 e. The summed E-state index contributed by atoms with van der Waals surface area (Å²) in [7, 11) is 0. The average Bonchev–Trinajstić information content (AvgIpc) is 2.96. The molecule has 0 aliphatic heterocycles. The van der Waals surface area contributed by atoms with Crippen LogP contribution in [-0.2, 0) is 20.9 Å². The number of benzene rings is 2. The van der Waals surface area contributed by atoms with Crippen LogP contribution < -0.4 is 10.6 Å². The molecule has 0 radical (unpaired) electrons. The molecule has 0 saturated heterocycles. The highest BCUT2D eigenvalue weighted by molar-refractivity contribution is 7.22. The third-order valence-corrected chi connectivity index (χ3v) is 4.23. The molecule has 25 heavy (non-hydrogen) atoms. The molecule has 1 heterocycles. The molecule has 0 aliphatic carbocycles. The number of nitrogens with one attached hydrogen (secondary N) is 2. The van der Waals surface area contributed by atoms with Crippen LogP contribution in [-0.4, -0.2) is 23.4 Å². The Kier molecular flexibility index (Phi) is 5.37. The van der Waals surface area contributed by atoms with Gasteiger partial charge in [-0.05, 0) is 23.8 Å². The second kappa shape index (κ2) is 7.87. The fourth-order valence-corrected chi connectivity index (χ4v) is 3.17. The highest BCUT2D eigenvalue weighted by Crippen LogP contribution is 2.28. The van der Waals surface area contributed by atoms with E-state index in [4.69, 9.17) is 4.74 Å². The lowest BCUT2D eigenvalue weighted by molar-refractivity contribution is -0.121. The maximum atomic E-state index is 12.0. The molecular formula is C18H17N3O3S. The van der Waals surface area contributed by atoms with Crippen LogP contribution in [0.15, 0.2) is 48.5 Å². The van der Waals surface area contributed by atoms with Gasteiger partial charge in [0.25, 0.3) is 5.91 Å². The van der Waals surface area contributed by atoms with Crippen LogP contribution in [0.25, 0.3) is 10.2 Å². The van der Waals surface area contributed by atoms with Crippen molar-refractivity contribution >= 4 is 44.2 Å². The predicted octanol–water partition coefficient (Wildman–Crippen LogP) is 3.41. The molecule has 7 heteroatoms. The van der Waals surface area contributed by atoms with Crippen LogP contribution in [0.5, 0.6) is 0 Å². The van der Waals surface area contributed by atoms with Crippen molar-refractivity contribution in [3.8, 4) is 0 Å². The number of fused-ring (bicyclic) bond motifs is 1. The molecule has 6 nitrogen and oxygen atoms in total. The first-order valence-corrected chi connectivity index (χ1v) is 8.51. The number of carbonyl (C=O) groups excluding carboxylic acids is 2. The molecule has 0 aliphatic rings. The van der Waals surface area contributed by atoms with Crippen molar-refractivity contribution in [3.63, 3.8) is 0 Å². The van der Waals surface area contributed by atoms with Crippen LogP contribution >= 0.6 is 11.3 Å². The quantitative estimate of drug-likeness (QED) is 0.710. The first-order chi connectivity index (χ1) is 12.1. The number of carbonyl (C=O) groups is 2. The van der Waals surface area contributed by atoms with Gasteiger partial charge in [0.2, 0.25) is 5.91 Å². The predicted molar refractivity (Wildman–Crippen MR) is 98.7 cm³/mol. The lowest BCUT2D eigenvalue weighted by atomic mass is 10.2. The van der Waals surface area contributed by atoms with E-state index in [-0.39, 0.29) is 18.4 Å². The summed E-state index contributed by atoms with van der Waals surface area (Å²) in [6, 6.07) is 15.1. The Balaban J connectivity index is 1.56. The Morgan fingerprint density at radius 3 is 2.68 bits per heavy atom. The summed E-state index contributed by atoms with van der Waals surface area (Å²) in [6.45, 7) is 1.80. The minimum absolute atomic E-state index is 0.0397. The zero-order chi connectivity index (χ0) is 17.6. The van der Waals surface area contributed by atoms with Crippen molar-refractivity contribution in [1.82, 2.24) is 4.98 Å². The first-order valence-electron chi connectivity index (χ1n) is 7.70. The second-order valence-corrected chi connectivity index (χ2v) is 6.44. The minimum atomic E-state index is -0.253. The van der Waals surface area contributed by atoms with Gasteiger partial charge in [-0.15, -0.1) is 0 Å². The van der Waals surface area contributed by atoms with Crippen LogP contribution in [0, 0.1) is 0 Å². The van der Waals surface area contributed by atoms with E-state index in [0.29, 0.717) is 17.4 Å². The van der Waals surface area contributed by atoms with Gasteiger partial charge in [-0.1, -0.05) is 41.7 Å². The maximum absolute atomic E-state index is 12.0. The van der Waals surface area contributed by atoms with E-state index in [1.165, 1.54) is 18.3 Å². The Morgan fingerprint density at radius 1 is 1.12 bits per heavy atom. The SMILES string of the molecule is CC(=O)Nc1ccc2nc(NC(=O)COCc3ccccc3)sc2c1. The van der Waals surface area contributed by atoms with E-state index in [9.17, 15) is 9.59 Å². The summed E-state index contributed by atoms with van der Waals surface area (Å²) < 4.78 is 6.29. The number of amides is 2. The van der Waals surface area contributed by atoms with E-state index in [2.05, 4.69) is 15.6 Å². The highest BCUT2D eigenvalue weighted by Gasteiger charge is 2.09. The number of nitrogens with zero attached hydrogens (tertiary/aromatic N) is 1. The van der Waals surface area contributed by atoms with Gasteiger partial charge in [-0.25, -0.2) is 4.98 Å². The molecule has 2 amide bonds. The molecule has 0 unspecified atom stereocenters. The fraction of sp³-hybridized carbons (Fsp3) is 0.167. The van der Waals surface area contributed by atoms with Gasteiger partial charge in [0.05, 0.1) is 16.8 Å². The van der Waals surface area contributed by atoms with Crippen molar-refractivity contribution in [2.45, 2.75) is 13.5 Å². The molecule has 0 bridgehead atoms. The lowest BCUT2D eigenvalue weighted by Gasteiger charge is -2.04. The molecule has 3 rings (SSSR count). The number of rotatable bonds is 6. The molecule has 0 saturated carbocycles. The van der Waals surface area contributed by atoms with Crippen molar-refractivity contribution in [2.24, 2.45) is 0 Å². The normalized spacial score (nSPS) is 10.6. The number of ether oxygens (including phenoxy) is 1. The van der Waals surface area contributed by atoms with Gasteiger partial charge in [-0.3, -0.25) is 14.9 Å². The molecule has 2 N–H and O–H groups in total. The first kappa shape index (κ1) is 17.1. The topological polar surface area (TPSA) is 80.3 Å². The van der Waals surface area contributed by atoms with Gasteiger partial charge < -0.3 is 10.1 Å². The lowest BCUT2D eigenvalue weighted by Crippen LogP contribution is -2.18. The van der Waals surface area contributed by atoms with Crippen molar-refractivity contribution in [2.75, 3.05) is 17.2 Å². The van der Waals surface area contributed by atoms with E-state index >= 15 is 0 Å². The van der Waals surface area contributed by atoms with Crippen LogP contribution in [0.4, 0.5) is 10.8 Å². The fourth-order valence-electron chi connectivity index (χ4n) is 2.25. The molecule has 1 aromatic heterocycles. The number of hydrogen-bond donors (Lipinski definition) is 2. The Bertz CT molecular complexity index is 893. The maximum Gasteiger partial charge on any atom is 0.252 e. The average molecular weight is 355 g/mol. The van der Waals surface area contributed by atoms with Gasteiger partial charge in [0, 0.05) is 12.6 Å². The third-order valence-electron chi connectivity index (χ3n) is 3.30. The molecule has 0 spiro atoms. The summed E-state index contributed by atoms with van der Waals surface area (Å²) >= 11 is 1.35. The van der Waals surface area contributed by atoms with Gasteiger partial charge in [-0.2, -0.15) is 0 Å². The standard InChI is InChI=1S/C18H17N3O3S/c1-12(22)19-14-7-8-15-16(9-14)25-18(20-15)21-17(23)11-24-10-13-5-3-2-4-6-13/h2-9H,10-11H2,1H3,(H,19,22)(H,20,21,23). The van der Waals surface area contributed by atoms with E-state index in [1.807, 2.05) is 36.4 Å². The molecular weight excluding hydrogens is 338 g/mol.